The summed E-state index contributed by atoms with van der Waals surface area (Å²) in [4.78, 5) is 28.8. The van der Waals surface area contributed by atoms with Gasteiger partial charge in [0.15, 0.2) is 0 Å². The molecule has 0 rings (SSSR count). The summed E-state index contributed by atoms with van der Waals surface area (Å²) >= 11 is 0. The number of esters is 1. The van der Waals surface area contributed by atoms with Gasteiger partial charge in [-0.2, -0.15) is 0 Å². The second kappa shape index (κ2) is 7.77. The van der Waals surface area contributed by atoms with E-state index in [9.17, 15) is 9.36 Å². The fourth-order valence-electron chi connectivity index (χ4n) is 1.46. The third-order valence-corrected chi connectivity index (χ3v) is 2.60. The lowest BCUT2D eigenvalue weighted by atomic mass is 10.2. The number of ether oxygens (including phenoxy) is 1. The standard InChI is InChI=1S/C11H22NO6P/c1-5-6-11(13)17-8-7-10(9-12(2,3)4)18-19(14,15)16/h5-6,10H,7-9H2,1-4H3,(H-,14,15,16)/p+1. The molecule has 19 heavy (non-hydrogen) atoms. The molecule has 0 heterocycles. The average Bonchev–Trinajstić information content (AvgIpc) is 2.12. The SMILES string of the molecule is CC=CC(=O)OCCC(C[N+](C)(C)C)OP(=O)(O)O. The highest BCUT2D eigenvalue weighted by Gasteiger charge is 2.27. The Morgan fingerprint density at radius 2 is 1.95 bits per heavy atom. The van der Waals surface area contributed by atoms with Crippen molar-refractivity contribution in [3.05, 3.63) is 12.2 Å². The molecule has 0 spiro atoms. The van der Waals surface area contributed by atoms with Gasteiger partial charge in [0, 0.05) is 12.5 Å². The maximum Gasteiger partial charge on any atom is 0.470 e. The first kappa shape index (κ1) is 18.3. The minimum Gasteiger partial charge on any atom is -0.462 e. The third kappa shape index (κ3) is 12.1. The van der Waals surface area contributed by atoms with Crippen molar-refractivity contribution in [1.82, 2.24) is 0 Å². The van der Waals surface area contributed by atoms with Crippen LogP contribution in [0.4, 0.5) is 0 Å². The van der Waals surface area contributed by atoms with E-state index in [-0.39, 0.29) is 13.0 Å². The van der Waals surface area contributed by atoms with Crippen LogP contribution in [0.1, 0.15) is 13.3 Å². The predicted octanol–water partition coefficient (Wildman–Crippen LogP) is 0.680. The summed E-state index contributed by atoms with van der Waals surface area (Å²) < 4.78 is 20.9. The van der Waals surface area contributed by atoms with Crippen molar-refractivity contribution in [2.75, 3.05) is 34.3 Å². The van der Waals surface area contributed by atoms with Gasteiger partial charge in [-0.25, -0.2) is 9.36 Å². The van der Waals surface area contributed by atoms with Gasteiger partial charge in [0.2, 0.25) is 0 Å². The Morgan fingerprint density at radius 1 is 1.37 bits per heavy atom. The maximum absolute atomic E-state index is 11.1. The van der Waals surface area contributed by atoms with E-state index in [0.717, 1.165) is 0 Å². The van der Waals surface area contributed by atoms with Gasteiger partial charge in [-0.15, -0.1) is 0 Å². The van der Waals surface area contributed by atoms with Gasteiger partial charge in [-0.05, 0) is 6.92 Å². The summed E-state index contributed by atoms with van der Waals surface area (Å²) in [5, 5.41) is 0. The first-order chi connectivity index (χ1) is 8.53. The van der Waals surface area contributed by atoms with Crippen LogP contribution in [0.15, 0.2) is 12.2 Å². The zero-order chi connectivity index (χ0) is 15.1. The maximum atomic E-state index is 11.1. The number of allylic oxidation sites excluding steroid dienone is 1. The van der Waals surface area contributed by atoms with Crippen molar-refractivity contribution in [1.29, 1.82) is 0 Å². The van der Waals surface area contributed by atoms with Crippen molar-refractivity contribution >= 4 is 13.8 Å². The smallest absolute Gasteiger partial charge is 0.462 e. The van der Waals surface area contributed by atoms with Gasteiger partial charge < -0.3 is 19.0 Å². The summed E-state index contributed by atoms with van der Waals surface area (Å²) in [6, 6.07) is 0. The molecule has 0 aromatic rings. The largest absolute Gasteiger partial charge is 0.470 e. The fraction of sp³-hybridized carbons (Fsp3) is 0.727. The molecule has 8 heteroatoms. The number of hydrogen-bond donors (Lipinski definition) is 2. The Hall–Kier alpha value is -0.720. The lowest BCUT2D eigenvalue weighted by Crippen LogP contribution is -2.42. The van der Waals surface area contributed by atoms with E-state index < -0.39 is 19.9 Å². The average molecular weight is 296 g/mol. The van der Waals surface area contributed by atoms with Gasteiger partial charge in [0.25, 0.3) is 0 Å². The zero-order valence-corrected chi connectivity index (χ0v) is 12.7. The second-order valence-electron chi connectivity index (χ2n) is 5.15. The van der Waals surface area contributed by atoms with Crippen LogP contribution in [-0.4, -0.2) is 60.6 Å². The van der Waals surface area contributed by atoms with E-state index in [2.05, 4.69) is 0 Å². The highest BCUT2D eigenvalue weighted by atomic mass is 31.2. The molecule has 1 atom stereocenters. The topological polar surface area (TPSA) is 93.1 Å². The molecule has 0 fully saturated rings. The van der Waals surface area contributed by atoms with Crippen molar-refractivity contribution < 1.29 is 32.9 Å². The number of quaternary nitrogens is 1. The lowest BCUT2D eigenvalue weighted by molar-refractivity contribution is -0.873. The van der Waals surface area contributed by atoms with Crippen molar-refractivity contribution in [2.45, 2.75) is 19.4 Å². The van der Waals surface area contributed by atoms with Gasteiger partial charge in [-0.1, -0.05) is 6.08 Å². The van der Waals surface area contributed by atoms with Crippen LogP contribution < -0.4 is 0 Å². The normalized spacial score (nSPS) is 14.6. The number of hydrogen-bond acceptors (Lipinski definition) is 4. The van der Waals surface area contributed by atoms with Crippen LogP contribution >= 0.6 is 7.82 Å². The number of rotatable bonds is 8. The van der Waals surface area contributed by atoms with Gasteiger partial charge in [0.1, 0.15) is 12.6 Å². The molecule has 2 N–H and O–H groups in total. The van der Waals surface area contributed by atoms with Gasteiger partial charge in [-0.3, -0.25) is 4.52 Å². The molecule has 0 radical (unpaired) electrons. The molecule has 0 saturated heterocycles. The summed E-state index contributed by atoms with van der Waals surface area (Å²) in [6.45, 7) is 2.14. The molecule has 0 aromatic carbocycles. The fourth-order valence-corrected chi connectivity index (χ4v) is 2.02. The van der Waals surface area contributed by atoms with E-state index in [1.165, 1.54) is 6.08 Å². The highest BCUT2D eigenvalue weighted by molar-refractivity contribution is 7.46. The number of carbonyl (C=O) groups is 1. The van der Waals surface area contributed by atoms with Crippen LogP contribution in [0.2, 0.25) is 0 Å². The number of nitrogens with zero attached hydrogens (tertiary/aromatic N) is 1. The summed E-state index contributed by atoms with van der Waals surface area (Å²) in [7, 11) is 1.08. The molecule has 0 bridgehead atoms. The van der Waals surface area contributed by atoms with E-state index in [4.69, 9.17) is 19.0 Å². The van der Waals surface area contributed by atoms with E-state index in [0.29, 0.717) is 11.0 Å². The quantitative estimate of drug-likeness (QED) is 0.296. The first-order valence-electron chi connectivity index (χ1n) is 5.87. The summed E-state index contributed by atoms with van der Waals surface area (Å²) in [5.74, 6) is -0.484. The van der Waals surface area contributed by atoms with E-state index >= 15 is 0 Å². The molecule has 0 aliphatic carbocycles. The van der Waals surface area contributed by atoms with Gasteiger partial charge in [0.05, 0.1) is 27.7 Å². The third-order valence-electron chi connectivity index (χ3n) is 2.02. The van der Waals surface area contributed by atoms with Crippen molar-refractivity contribution in [3.8, 4) is 0 Å². The highest BCUT2D eigenvalue weighted by Crippen LogP contribution is 2.38. The Balaban J connectivity index is 4.35. The Bertz CT molecular complexity index is 357. The molecule has 0 aliphatic rings. The number of likely N-dealkylation sites (N-methyl/N-ethyl adjacent to an activating group) is 1. The van der Waals surface area contributed by atoms with Crippen LogP contribution in [0.3, 0.4) is 0 Å². The Kier molecular flexibility index (Phi) is 7.47. The van der Waals surface area contributed by atoms with Crippen LogP contribution in [0.5, 0.6) is 0 Å². The zero-order valence-electron chi connectivity index (χ0n) is 11.8. The molecule has 0 amide bonds. The van der Waals surface area contributed by atoms with Crippen molar-refractivity contribution in [2.24, 2.45) is 0 Å². The van der Waals surface area contributed by atoms with Crippen LogP contribution in [-0.2, 0) is 18.6 Å². The molecule has 112 valence electrons. The Morgan fingerprint density at radius 3 is 2.37 bits per heavy atom. The monoisotopic (exact) mass is 296 g/mol. The molecular formula is C11H23NO6P+. The van der Waals surface area contributed by atoms with Gasteiger partial charge >= 0.3 is 13.8 Å². The minimum atomic E-state index is -4.55. The Labute approximate surface area is 113 Å². The lowest BCUT2D eigenvalue weighted by Gasteiger charge is -2.29. The predicted molar refractivity (Wildman–Crippen MR) is 70.2 cm³/mol. The minimum absolute atomic E-state index is 0.0494. The first-order valence-corrected chi connectivity index (χ1v) is 7.40. The summed E-state index contributed by atoms with van der Waals surface area (Å²) in [5.41, 5.74) is 0. The van der Waals surface area contributed by atoms with Crippen LogP contribution in [0, 0.1) is 0 Å². The number of phosphoric acid groups is 1. The van der Waals surface area contributed by atoms with Crippen LogP contribution in [0.25, 0.3) is 0 Å². The molecule has 7 nitrogen and oxygen atoms in total. The molecule has 1 unspecified atom stereocenters. The van der Waals surface area contributed by atoms with Crippen molar-refractivity contribution in [3.63, 3.8) is 0 Å². The molecule has 0 saturated carbocycles. The molecular weight excluding hydrogens is 273 g/mol. The molecule has 0 aromatic heterocycles. The number of carbonyl (C=O) groups excluding carboxylic acids is 1. The van der Waals surface area contributed by atoms with E-state index in [1.807, 2.05) is 21.1 Å². The summed E-state index contributed by atoms with van der Waals surface area (Å²) in [6.07, 6.45) is 2.37. The second-order valence-corrected chi connectivity index (χ2v) is 6.34. The van der Waals surface area contributed by atoms with E-state index in [1.54, 1.807) is 13.0 Å². The molecule has 0 aliphatic heterocycles. The number of phosphoric ester groups is 1.